The number of aryl methyl sites for hydroxylation is 1. The molecular weight excluding hydrogens is 458 g/mol. The first-order valence-electron chi connectivity index (χ1n) is 12.9. The summed E-state index contributed by atoms with van der Waals surface area (Å²) in [5.74, 6) is 1.60. The minimum Gasteiger partial charge on any atom is -0.444 e. The maximum atomic E-state index is 12.9. The number of nitrogens with zero attached hydrogens (tertiary/aromatic N) is 5. The fourth-order valence-electron chi connectivity index (χ4n) is 5.40. The maximum Gasteiger partial charge on any atom is 0.410 e. The van der Waals surface area contributed by atoms with E-state index in [1.54, 1.807) is 0 Å². The average molecular weight is 494 g/mol. The Bertz CT molecular complexity index is 1180. The first-order valence-corrected chi connectivity index (χ1v) is 12.9. The Labute approximate surface area is 211 Å². The molecule has 2 aromatic heterocycles. The van der Waals surface area contributed by atoms with Crippen LogP contribution in [0.25, 0.3) is 22.7 Å². The summed E-state index contributed by atoms with van der Waals surface area (Å²) < 4.78 is 17.3. The quantitative estimate of drug-likeness (QED) is 0.462. The van der Waals surface area contributed by atoms with Crippen LogP contribution in [0.5, 0.6) is 0 Å². The molecule has 2 saturated heterocycles. The van der Waals surface area contributed by atoms with Crippen LogP contribution in [0.3, 0.4) is 0 Å². The molecule has 1 aromatic carbocycles. The highest BCUT2D eigenvalue weighted by atomic mass is 16.6. The van der Waals surface area contributed by atoms with Crippen LogP contribution >= 0.6 is 0 Å². The van der Waals surface area contributed by atoms with Crippen LogP contribution in [-0.2, 0) is 11.3 Å². The minimum absolute atomic E-state index is 0.132. The Morgan fingerprint density at radius 3 is 2.61 bits per heavy atom. The molecule has 0 aliphatic carbocycles. The monoisotopic (exact) mass is 493 g/mol. The van der Waals surface area contributed by atoms with Crippen molar-refractivity contribution in [1.29, 1.82) is 0 Å². The molecule has 36 heavy (non-hydrogen) atoms. The van der Waals surface area contributed by atoms with Crippen LogP contribution in [0.4, 0.5) is 4.79 Å². The third-order valence-electron chi connectivity index (χ3n) is 6.96. The Hall–Kier alpha value is -3.20. The van der Waals surface area contributed by atoms with Crippen molar-refractivity contribution in [3.05, 3.63) is 42.0 Å². The molecule has 1 amide bonds. The molecule has 0 saturated carbocycles. The van der Waals surface area contributed by atoms with Gasteiger partial charge in [-0.05, 0) is 59.9 Å². The van der Waals surface area contributed by atoms with Gasteiger partial charge in [0, 0.05) is 18.2 Å². The summed E-state index contributed by atoms with van der Waals surface area (Å²) in [6.07, 6.45) is 5.05. The van der Waals surface area contributed by atoms with Crippen molar-refractivity contribution in [3.8, 4) is 22.7 Å². The van der Waals surface area contributed by atoms with Gasteiger partial charge in [0.15, 0.2) is 0 Å². The number of carbonyl (C=O) groups excluding carboxylic acids is 1. The predicted octanol–water partition coefficient (Wildman–Crippen LogP) is 5.45. The van der Waals surface area contributed by atoms with Crippen LogP contribution in [-0.4, -0.2) is 62.0 Å². The van der Waals surface area contributed by atoms with Crippen molar-refractivity contribution in [2.45, 2.75) is 84.0 Å². The van der Waals surface area contributed by atoms with Gasteiger partial charge in [-0.25, -0.2) is 4.79 Å². The molecule has 9 heteroatoms. The van der Waals surface area contributed by atoms with Gasteiger partial charge < -0.3 is 18.6 Å². The standard InChI is InChI=1S/C27H35N5O4/c1-18-23(24(30-36-18)19-11-6-5-7-12-19)25-29-28-22(34-25)17-31-15-9-8-13-20(31)21-14-10-16-32(21)26(33)35-27(2,3)4/h5-7,11-12,20-21H,8-10,13-17H2,1-4H3/t20-,21-/m0/s1. The topological polar surface area (TPSA) is 97.7 Å². The normalized spacial score (nSPS) is 21.2. The summed E-state index contributed by atoms with van der Waals surface area (Å²) in [6, 6.07) is 10.2. The van der Waals surface area contributed by atoms with Gasteiger partial charge in [-0.2, -0.15) is 0 Å². The molecule has 0 unspecified atom stereocenters. The van der Waals surface area contributed by atoms with E-state index >= 15 is 0 Å². The van der Waals surface area contributed by atoms with Crippen molar-refractivity contribution >= 4 is 6.09 Å². The molecule has 0 bridgehead atoms. The molecule has 2 fully saturated rings. The highest BCUT2D eigenvalue weighted by molar-refractivity contribution is 5.77. The molecule has 3 aromatic rings. The van der Waals surface area contributed by atoms with Crippen LogP contribution in [0.15, 0.2) is 39.3 Å². The molecule has 2 aliphatic rings. The maximum absolute atomic E-state index is 12.9. The Balaban J connectivity index is 1.34. The predicted molar refractivity (Wildman–Crippen MR) is 134 cm³/mol. The lowest BCUT2D eigenvalue weighted by atomic mass is 9.94. The molecule has 0 N–H and O–H groups in total. The number of benzene rings is 1. The van der Waals surface area contributed by atoms with Gasteiger partial charge in [0.05, 0.1) is 12.6 Å². The van der Waals surface area contributed by atoms with Gasteiger partial charge in [-0.15, -0.1) is 10.2 Å². The second-order valence-corrected chi connectivity index (χ2v) is 10.7. The summed E-state index contributed by atoms with van der Waals surface area (Å²) in [5, 5.41) is 13.0. The minimum atomic E-state index is -0.505. The van der Waals surface area contributed by atoms with Crippen LogP contribution in [0.2, 0.25) is 0 Å². The lowest BCUT2D eigenvalue weighted by Gasteiger charge is -2.41. The smallest absolute Gasteiger partial charge is 0.410 e. The molecule has 0 radical (unpaired) electrons. The number of amides is 1. The van der Waals surface area contributed by atoms with Crippen molar-refractivity contribution in [2.75, 3.05) is 13.1 Å². The lowest BCUT2D eigenvalue weighted by molar-refractivity contribution is 0.00540. The largest absolute Gasteiger partial charge is 0.444 e. The Kier molecular flexibility index (Phi) is 6.83. The summed E-state index contributed by atoms with van der Waals surface area (Å²) in [6.45, 7) is 9.81. The number of hydrogen-bond acceptors (Lipinski definition) is 8. The lowest BCUT2D eigenvalue weighted by Crippen LogP contribution is -2.53. The molecule has 0 spiro atoms. The Morgan fingerprint density at radius 2 is 1.83 bits per heavy atom. The van der Waals surface area contributed by atoms with Crippen LogP contribution in [0.1, 0.15) is 64.5 Å². The van der Waals surface area contributed by atoms with Crippen molar-refractivity contribution in [1.82, 2.24) is 25.2 Å². The second-order valence-electron chi connectivity index (χ2n) is 10.7. The van der Waals surface area contributed by atoms with Gasteiger partial charge in [-0.3, -0.25) is 4.90 Å². The van der Waals surface area contributed by atoms with Gasteiger partial charge in [0.25, 0.3) is 5.89 Å². The molecule has 2 aliphatic heterocycles. The van der Waals surface area contributed by atoms with E-state index in [9.17, 15) is 4.79 Å². The van der Waals surface area contributed by atoms with Gasteiger partial charge in [0.1, 0.15) is 22.6 Å². The molecule has 5 rings (SSSR count). The number of piperidine rings is 1. The van der Waals surface area contributed by atoms with Crippen LogP contribution < -0.4 is 0 Å². The van der Waals surface area contributed by atoms with Crippen molar-refractivity contribution < 1.29 is 18.5 Å². The van der Waals surface area contributed by atoms with Gasteiger partial charge >= 0.3 is 6.09 Å². The number of likely N-dealkylation sites (tertiary alicyclic amines) is 2. The highest BCUT2D eigenvalue weighted by Gasteiger charge is 2.40. The summed E-state index contributed by atoms with van der Waals surface area (Å²) in [4.78, 5) is 17.3. The Morgan fingerprint density at radius 1 is 1.06 bits per heavy atom. The molecule has 2 atom stereocenters. The van der Waals surface area contributed by atoms with Crippen molar-refractivity contribution in [2.24, 2.45) is 0 Å². The fraction of sp³-hybridized carbons (Fsp3) is 0.556. The van der Waals surface area contributed by atoms with Crippen LogP contribution in [0, 0.1) is 6.92 Å². The number of carbonyl (C=O) groups is 1. The first kappa shape index (κ1) is 24.5. The highest BCUT2D eigenvalue weighted by Crippen LogP contribution is 2.35. The van der Waals surface area contributed by atoms with E-state index < -0.39 is 5.60 Å². The van der Waals surface area contributed by atoms with Gasteiger partial charge in [-0.1, -0.05) is 41.9 Å². The number of rotatable bonds is 5. The third kappa shape index (κ3) is 5.16. The zero-order valence-corrected chi connectivity index (χ0v) is 21.6. The van der Waals surface area contributed by atoms with E-state index in [1.807, 2.05) is 62.9 Å². The van der Waals surface area contributed by atoms with E-state index in [1.165, 1.54) is 0 Å². The van der Waals surface area contributed by atoms with E-state index in [0.29, 0.717) is 29.8 Å². The van der Waals surface area contributed by atoms with E-state index in [4.69, 9.17) is 13.7 Å². The summed E-state index contributed by atoms with van der Waals surface area (Å²) in [7, 11) is 0. The molecule has 192 valence electrons. The molecule has 9 nitrogen and oxygen atoms in total. The number of ether oxygens (including phenoxy) is 1. The average Bonchev–Trinajstić information content (AvgIpc) is 3.59. The van der Waals surface area contributed by atoms with E-state index in [2.05, 4.69) is 20.3 Å². The molecular formula is C27H35N5O4. The van der Waals surface area contributed by atoms with Crippen molar-refractivity contribution in [3.63, 3.8) is 0 Å². The second kappa shape index (κ2) is 10.0. The zero-order valence-electron chi connectivity index (χ0n) is 21.6. The number of hydrogen-bond donors (Lipinski definition) is 0. The molecule has 4 heterocycles. The summed E-state index contributed by atoms with van der Waals surface area (Å²) in [5.41, 5.74) is 1.85. The number of aromatic nitrogens is 3. The summed E-state index contributed by atoms with van der Waals surface area (Å²) >= 11 is 0. The zero-order chi connectivity index (χ0) is 25.3. The van der Waals surface area contributed by atoms with E-state index in [0.717, 1.165) is 56.3 Å². The third-order valence-corrected chi connectivity index (χ3v) is 6.96. The first-order chi connectivity index (χ1) is 17.3. The van der Waals surface area contributed by atoms with Gasteiger partial charge in [0.2, 0.25) is 5.89 Å². The van der Waals surface area contributed by atoms with E-state index in [-0.39, 0.29) is 18.2 Å². The SMILES string of the molecule is Cc1onc(-c2ccccc2)c1-c1nnc(CN2CCCC[C@H]2[C@@H]2CCCN2C(=O)OC(C)(C)C)o1. The fourth-order valence-corrected chi connectivity index (χ4v) is 5.40.